The van der Waals surface area contributed by atoms with Gasteiger partial charge in [-0.15, -0.1) is 0 Å². The van der Waals surface area contributed by atoms with Crippen LogP contribution in [-0.2, 0) is 0 Å². The van der Waals surface area contributed by atoms with Gasteiger partial charge in [0.15, 0.2) is 5.82 Å². The predicted octanol–water partition coefficient (Wildman–Crippen LogP) is 1.68. The standard InChI is InChI=1S/C10H17ClN4/c1-3-15(2)7-6-13-10-8(12)4-5-9(11)14-10/h4-5H,3,6-7,12H2,1-2H3,(H,13,14). The van der Waals surface area contributed by atoms with Gasteiger partial charge in [-0.05, 0) is 25.7 Å². The topological polar surface area (TPSA) is 54.2 Å². The van der Waals surface area contributed by atoms with Crippen molar-refractivity contribution in [2.75, 3.05) is 37.7 Å². The molecule has 4 nitrogen and oxygen atoms in total. The number of nitrogens with one attached hydrogen (secondary N) is 1. The number of rotatable bonds is 5. The zero-order chi connectivity index (χ0) is 11.3. The van der Waals surface area contributed by atoms with E-state index in [4.69, 9.17) is 17.3 Å². The van der Waals surface area contributed by atoms with Crippen LogP contribution in [0, 0.1) is 0 Å². The molecule has 0 aromatic carbocycles. The van der Waals surface area contributed by atoms with Gasteiger partial charge in [-0.2, -0.15) is 0 Å². The summed E-state index contributed by atoms with van der Waals surface area (Å²) in [5.41, 5.74) is 6.37. The molecule has 1 aromatic heterocycles. The monoisotopic (exact) mass is 228 g/mol. The molecule has 1 rings (SSSR count). The number of nitrogens with zero attached hydrogens (tertiary/aromatic N) is 2. The van der Waals surface area contributed by atoms with Crippen molar-refractivity contribution < 1.29 is 0 Å². The number of pyridine rings is 1. The third-order valence-electron chi connectivity index (χ3n) is 2.22. The van der Waals surface area contributed by atoms with Gasteiger partial charge in [-0.25, -0.2) is 4.98 Å². The van der Waals surface area contributed by atoms with Gasteiger partial charge in [-0.1, -0.05) is 18.5 Å². The fraction of sp³-hybridized carbons (Fsp3) is 0.500. The van der Waals surface area contributed by atoms with Crippen LogP contribution < -0.4 is 11.1 Å². The van der Waals surface area contributed by atoms with Gasteiger partial charge in [0.2, 0.25) is 0 Å². The van der Waals surface area contributed by atoms with E-state index in [9.17, 15) is 0 Å². The molecule has 0 bridgehead atoms. The molecule has 15 heavy (non-hydrogen) atoms. The maximum atomic E-state index is 5.77. The molecule has 3 N–H and O–H groups in total. The lowest BCUT2D eigenvalue weighted by Crippen LogP contribution is -2.25. The smallest absolute Gasteiger partial charge is 0.151 e. The van der Waals surface area contributed by atoms with E-state index in [2.05, 4.69) is 29.2 Å². The Balaban J connectivity index is 2.46. The quantitative estimate of drug-likeness (QED) is 0.753. The van der Waals surface area contributed by atoms with E-state index in [0.717, 1.165) is 19.6 Å². The molecule has 0 atom stereocenters. The van der Waals surface area contributed by atoms with Crippen LogP contribution in [-0.4, -0.2) is 36.6 Å². The first kappa shape index (κ1) is 12.1. The van der Waals surface area contributed by atoms with E-state index in [-0.39, 0.29) is 0 Å². The summed E-state index contributed by atoms with van der Waals surface area (Å²) < 4.78 is 0. The summed E-state index contributed by atoms with van der Waals surface area (Å²) in [5.74, 6) is 0.659. The number of anilines is 2. The van der Waals surface area contributed by atoms with Gasteiger partial charge in [0.1, 0.15) is 5.15 Å². The lowest BCUT2D eigenvalue weighted by atomic mass is 10.4. The maximum Gasteiger partial charge on any atom is 0.151 e. The lowest BCUT2D eigenvalue weighted by molar-refractivity contribution is 0.367. The van der Waals surface area contributed by atoms with Gasteiger partial charge in [0.05, 0.1) is 5.69 Å². The molecule has 0 saturated carbocycles. The average molecular weight is 229 g/mol. The van der Waals surface area contributed by atoms with Gasteiger partial charge in [0.25, 0.3) is 0 Å². The fourth-order valence-electron chi connectivity index (χ4n) is 1.11. The third kappa shape index (κ3) is 3.93. The minimum Gasteiger partial charge on any atom is -0.396 e. The summed E-state index contributed by atoms with van der Waals surface area (Å²) in [6.07, 6.45) is 0. The van der Waals surface area contributed by atoms with Crippen molar-refractivity contribution in [1.29, 1.82) is 0 Å². The van der Waals surface area contributed by atoms with Crippen LogP contribution in [0.5, 0.6) is 0 Å². The first-order valence-electron chi connectivity index (χ1n) is 4.98. The molecule has 0 saturated heterocycles. The summed E-state index contributed by atoms with van der Waals surface area (Å²) in [7, 11) is 2.07. The minimum absolute atomic E-state index is 0.454. The number of aromatic nitrogens is 1. The number of likely N-dealkylation sites (N-methyl/N-ethyl adjacent to an activating group) is 1. The van der Waals surface area contributed by atoms with Crippen LogP contribution >= 0.6 is 11.6 Å². The normalized spacial score (nSPS) is 10.7. The maximum absolute atomic E-state index is 5.77. The number of nitrogen functional groups attached to an aromatic ring is 1. The summed E-state index contributed by atoms with van der Waals surface area (Å²) in [5, 5.41) is 3.61. The summed E-state index contributed by atoms with van der Waals surface area (Å²) in [6.45, 7) is 4.90. The number of hydrogen-bond acceptors (Lipinski definition) is 4. The molecule has 0 fully saturated rings. The van der Waals surface area contributed by atoms with Crippen molar-refractivity contribution in [2.24, 2.45) is 0 Å². The van der Waals surface area contributed by atoms with E-state index in [1.54, 1.807) is 12.1 Å². The van der Waals surface area contributed by atoms with Crippen molar-refractivity contribution in [2.45, 2.75) is 6.92 Å². The molecule has 5 heteroatoms. The molecule has 1 aromatic rings. The largest absolute Gasteiger partial charge is 0.396 e. The molecule has 0 radical (unpaired) electrons. The van der Waals surface area contributed by atoms with Crippen molar-refractivity contribution >= 4 is 23.1 Å². The van der Waals surface area contributed by atoms with E-state index < -0.39 is 0 Å². The molecule has 0 aliphatic carbocycles. The Kier molecular flexibility index (Phi) is 4.65. The minimum atomic E-state index is 0.454. The molecule has 0 aliphatic heterocycles. The Morgan fingerprint density at radius 1 is 1.53 bits per heavy atom. The van der Waals surface area contributed by atoms with E-state index in [1.165, 1.54) is 0 Å². The van der Waals surface area contributed by atoms with Crippen molar-refractivity contribution in [3.63, 3.8) is 0 Å². The van der Waals surface area contributed by atoms with E-state index in [1.807, 2.05) is 0 Å². The molecule has 0 amide bonds. The second-order valence-corrected chi connectivity index (χ2v) is 3.78. The van der Waals surface area contributed by atoms with Crippen molar-refractivity contribution in [1.82, 2.24) is 9.88 Å². The molecule has 0 aliphatic rings. The molecular weight excluding hydrogens is 212 g/mol. The lowest BCUT2D eigenvalue weighted by Gasteiger charge is -2.15. The number of halogens is 1. The van der Waals surface area contributed by atoms with E-state index >= 15 is 0 Å². The fourth-order valence-corrected chi connectivity index (χ4v) is 1.26. The van der Waals surface area contributed by atoms with Crippen molar-refractivity contribution in [3.8, 4) is 0 Å². The van der Waals surface area contributed by atoms with Crippen LogP contribution in [0.15, 0.2) is 12.1 Å². The summed E-state index contributed by atoms with van der Waals surface area (Å²) in [4.78, 5) is 6.31. The second kappa shape index (κ2) is 5.78. The van der Waals surface area contributed by atoms with Crippen LogP contribution in [0.4, 0.5) is 11.5 Å². The molecule has 0 spiro atoms. The zero-order valence-electron chi connectivity index (χ0n) is 9.13. The van der Waals surface area contributed by atoms with Gasteiger partial charge in [-0.3, -0.25) is 0 Å². The Morgan fingerprint density at radius 3 is 2.93 bits per heavy atom. The highest BCUT2D eigenvalue weighted by Gasteiger charge is 2.01. The summed E-state index contributed by atoms with van der Waals surface area (Å²) in [6, 6.07) is 3.43. The highest BCUT2D eigenvalue weighted by atomic mass is 35.5. The SMILES string of the molecule is CCN(C)CCNc1nc(Cl)ccc1N. The number of hydrogen-bond donors (Lipinski definition) is 2. The van der Waals surface area contributed by atoms with Gasteiger partial charge in [0, 0.05) is 13.1 Å². The first-order chi connectivity index (χ1) is 7.13. The highest BCUT2D eigenvalue weighted by molar-refractivity contribution is 6.29. The molecule has 84 valence electrons. The summed E-state index contributed by atoms with van der Waals surface area (Å²) >= 11 is 5.77. The van der Waals surface area contributed by atoms with E-state index in [0.29, 0.717) is 16.7 Å². The zero-order valence-corrected chi connectivity index (χ0v) is 9.88. The Bertz CT molecular complexity index is 316. The van der Waals surface area contributed by atoms with Crippen molar-refractivity contribution in [3.05, 3.63) is 17.3 Å². The Labute approximate surface area is 95.4 Å². The Morgan fingerprint density at radius 2 is 2.27 bits per heavy atom. The highest BCUT2D eigenvalue weighted by Crippen LogP contribution is 2.17. The first-order valence-corrected chi connectivity index (χ1v) is 5.35. The molecular formula is C10H17ClN4. The average Bonchev–Trinajstić information content (AvgIpc) is 2.23. The van der Waals surface area contributed by atoms with Gasteiger partial charge < -0.3 is 16.0 Å². The predicted molar refractivity (Wildman–Crippen MR) is 65.3 cm³/mol. The third-order valence-corrected chi connectivity index (χ3v) is 2.43. The van der Waals surface area contributed by atoms with Gasteiger partial charge >= 0.3 is 0 Å². The second-order valence-electron chi connectivity index (χ2n) is 3.39. The Hall–Kier alpha value is -1.00. The van der Waals surface area contributed by atoms with Crippen LogP contribution in [0.2, 0.25) is 5.15 Å². The molecule has 1 heterocycles. The molecule has 0 unspecified atom stereocenters. The van der Waals surface area contributed by atoms with Crippen LogP contribution in [0.3, 0.4) is 0 Å². The van der Waals surface area contributed by atoms with Crippen LogP contribution in [0.25, 0.3) is 0 Å². The van der Waals surface area contributed by atoms with Crippen LogP contribution in [0.1, 0.15) is 6.92 Å². The number of nitrogens with two attached hydrogens (primary N) is 1.